The maximum Gasteiger partial charge on any atom is 0.0441 e. The highest BCUT2D eigenvalue weighted by molar-refractivity contribution is 7.81. The van der Waals surface area contributed by atoms with Gasteiger partial charge in [0.1, 0.15) is 0 Å². The zero-order valence-corrected chi connectivity index (χ0v) is 6.44. The van der Waals surface area contributed by atoms with Crippen molar-refractivity contribution in [1.29, 1.82) is 0 Å². The molecule has 0 heterocycles. The summed E-state index contributed by atoms with van der Waals surface area (Å²) in [5.41, 5.74) is 0.971. The Bertz CT molecular complexity index is 136. The van der Waals surface area contributed by atoms with Crippen LogP contribution < -0.4 is 0 Å². The summed E-state index contributed by atoms with van der Waals surface area (Å²) in [6.45, 7) is 3.53. The smallest absolute Gasteiger partial charge is 0.0441 e. The lowest BCUT2D eigenvalue weighted by Gasteiger charge is -1.88. The highest BCUT2D eigenvalue weighted by Gasteiger charge is 1.83. The quantitative estimate of drug-likeness (QED) is 0.349. The molecule has 0 aliphatic carbocycles. The highest BCUT2D eigenvalue weighted by Crippen LogP contribution is 1.84. The molecule has 0 rings (SSSR count). The molecule has 0 bridgehead atoms. The van der Waals surface area contributed by atoms with E-state index in [1.54, 1.807) is 13.1 Å². The van der Waals surface area contributed by atoms with Gasteiger partial charge in [0.05, 0.1) is 0 Å². The number of hydrogen-bond acceptors (Lipinski definition) is 2. The lowest BCUT2D eigenvalue weighted by Crippen LogP contribution is -1.92. The Hall–Kier alpha value is -0.500. The third kappa shape index (κ3) is 4.03. The van der Waals surface area contributed by atoms with Gasteiger partial charge in [-0.3, -0.25) is 4.99 Å². The van der Waals surface area contributed by atoms with Crippen LogP contribution >= 0.6 is 12.6 Å². The fourth-order valence-electron chi connectivity index (χ4n) is 0.377. The summed E-state index contributed by atoms with van der Waals surface area (Å²) in [5.74, 6) is 0.681. The average molecular weight is 141 g/mol. The normalized spacial score (nSPS) is 12.4. The van der Waals surface area contributed by atoms with E-state index in [1.807, 2.05) is 12.2 Å². The van der Waals surface area contributed by atoms with Crippen molar-refractivity contribution in [3.05, 3.63) is 24.8 Å². The van der Waals surface area contributed by atoms with Crippen molar-refractivity contribution in [2.24, 2.45) is 4.99 Å². The Morgan fingerprint density at radius 1 is 1.78 bits per heavy atom. The molecule has 0 radical (unpaired) electrons. The van der Waals surface area contributed by atoms with Gasteiger partial charge in [0.25, 0.3) is 0 Å². The number of hydrogen-bond donors (Lipinski definition) is 1. The summed E-state index contributed by atoms with van der Waals surface area (Å²) in [6.07, 6.45) is 5.45. The van der Waals surface area contributed by atoms with Crippen LogP contribution in [0.3, 0.4) is 0 Å². The second kappa shape index (κ2) is 5.63. The number of rotatable bonds is 3. The van der Waals surface area contributed by atoms with Gasteiger partial charge in [-0.1, -0.05) is 18.7 Å². The van der Waals surface area contributed by atoms with Gasteiger partial charge < -0.3 is 0 Å². The summed E-state index contributed by atoms with van der Waals surface area (Å²) in [7, 11) is 1.75. The maximum absolute atomic E-state index is 4.05. The average Bonchev–Trinajstić information content (AvgIpc) is 1.91. The van der Waals surface area contributed by atoms with Crippen molar-refractivity contribution < 1.29 is 0 Å². The van der Waals surface area contributed by atoms with Gasteiger partial charge in [0.2, 0.25) is 0 Å². The molecule has 0 aromatic heterocycles. The monoisotopic (exact) mass is 141 g/mol. The molecule has 0 unspecified atom stereocenters. The van der Waals surface area contributed by atoms with E-state index in [4.69, 9.17) is 0 Å². The van der Waals surface area contributed by atoms with Gasteiger partial charge in [0, 0.05) is 18.5 Å². The maximum atomic E-state index is 4.05. The third-order valence-electron chi connectivity index (χ3n) is 0.874. The minimum Gasteiger partial charge on any atom is -0.292 e. The van der Waals surface area contributed by atoms with Crippen LogP contribution in [0.15, 0.2) is 29.8 Å². The first-order chi connectivity index (χ1) is 4.35. The van der Waals surface area contributed by atoms with Gasteiger partial charge in [-0.05, 0) is 6.08 Å². The zero-order valence-electron chi connectivity index (χ0n) is 5.54. The summed E-state index contributed by atoms with van der Waals surface area (Å²) in [6, 6.07) is 0. The van der Waals surface area contributed by atoms with Crippen LogP contribution in [0.1, 0.15) is 0 Å². The summed E-state index contributed by atoms with van der Waals surface area (Å²) >= 11 is 4.05. The van der Waals surface area contributed by atoms with E-state index in [2.05, 4.69) is 24.2 Å². The topological polar surface area (TPSA) is 12.4 Å². The third-order valence-corrected chi connectivity index (χ3v) is 1.20. The molecule has 0 saturated carbocycles. The van der Waals surface area contributed by atoms with Gasteiger partial charge in [0.15, 0.2) is 0 Å². The molecule has 0 N–H and O–H groups in total. The number of aliphatic imine (C=N–C) groups is 1. The van der Waals surface area contributed by atoms with Crippen LogP contribution in [-0.2, 0) is 0 Å². The molecule has 0 aromatic rings. The van der Waals surface area contributed by atoms with Crippen LogP contribution in [-0.4, -0.2) is 18.5 Å². The molecule has 0 atom stereocenters. The molecule has 1 nitrogen and oxygen atoms in total. The zero-order chi connectivity index (χ0) is 7.11. The van der Waals surface area contributed by atoms with E-state index in [-0.39, 0.29) is 0 Å². The second-order valence-corrected chi connectivity index (χ2v) is 1.78. The standard InChI is InChI=1S/C7H11NS/c1-3-4-5-7(6-9)8-2/h3-5,9H,1,6H2,2H3/b5-4-,8-7?. The van der Waals surface area contributed by atoms with E-state index in [0.29, 0.717) is 5.75 Å². The minimum atomic E-state index is 0.681. The SMILES string of the molecule is C=C/C=C\C(CS)=NC. The van der Waals surface area contributed by atoms with Crippen molar-refractivity contribution >= 4 is 18.3 Å². The molecule has 0 aliphatic rings. The predicted octanol–water partition coefficient (Wildman–Crippen LogP) is 1.73. The Kier molecular flexibility index (Phi) is 5.32. The van der Waals surface area contributed by atoms with Crippen molar-refractivity contribution in [1.82, 2.24) is 0 Å². The van der Waals surface area contributed by atoms with Crippen LogP contribution in [0, 0.1) is 0 Å². The molecule has 9 heavy (non-hydrogen) atoms. The Morgan fingerprint density at radius 2 is 2.44 bits per heavy atom. The molecule has 0 spiro atoms. The van der Waals surface area contributed by atoms with Gasteiger partial charge in [-0.15, -0.1) is 0 Å². The van der Waals surface area contributed by atoms with Crippen LogP contribution in [0.4, 0.5) is 0 Å². The molecular weight excluding hydrogens is 130 g/mol. The van der Waals surface area contributed by atoms with Gasteiger partial charge in [-0.2, -0.15) is 12.6 Å². The predicted molar refractivity (Wildman–Crippen MR) is 46.5 cm³/mol. The first-order valence-corrected chi connectivity index (χ1v) is 3.34. The molecule has 0 fully saturated rings. The first-order valence-electron chi connectivity index (χ1n) is 2.70. The molecule has 50 valence electrons. The Balaban J connectivity index is 3.84. The fraction of sp³-hybridized carbons (Fsp3) is 0.286. The molecule has 0 amide bonds. The number of allylic oxidation sites excluding steroid dienone is 3. The second-order valence-electron chi connectivity index (χ2n) is 1.47. The first kappa shape index (κ1) is 8.50. The summed E-state index contributed by atoms with van der Waals surface area (Å²) in [5, 5.41) is 0. The van der Waals surface area contributed by atoms with Crippen LogP contribution in [0.5, 0.6) is 0 Å². The lowest BCUT2D eigenvalue weighted by molar-refractivity contribution is 1.44. The molecule has 0 aliphatic heterocycles. The molecule has 2 heteroatoms. The largest absolute Gasteiger partial charge is 0.292 e. The number of nitrogens with zero attached hydrogens (tertiary/aromatic N) is 1. The van der Waals surface area contributed by atoms with E-state index < -0.39 is 0 Å². The Labute approximate surface area is 61.6 Å². The van der Waals surface area contributed by atoms with Crippen molar-refractivity contribution in [3.8, 4) is 0 Å². The minimum absolute atomic E-state index is 0.681. The van der Waals surface area contributed by atoms with Gasteiger partial charge in [-0.25, -0.2) is 0 Å². The summed E-state index contributed by atoms with van der Waals surface area (Å²) in [4.78, 5) is 3.95. The van der Waals surface area contributed by atoms with E-state index in [9.17, 15) is 0 Å². The van der Waals surface area contributed by atoms with E-state index in [0.717, 1.165) is 5.71 Å². The summed E-state index contributed by atoms with van der Waals surface area (Å²) < 4.78 is 0. The van der Waals surface area contributed by atoms with Crippen LogP contribution in [0.2, 0.25) is 0 Å². The lowest BCUT2D eigenvalue weighted by atomic mass is 10.3. The molecule has 0 saturated heterocycles. The molecular formula is C7H11NS. The fourth-order valence-corrected chi connectivity index (χ4v) is 0.624. The van der Waals surface area contributed by atoms with Crippen LogP contribution in [0.25, 0.3) is 0 Å². The van der Waals surface area contributed by atoms with Gasteiger partial charge >= 0.3 is 0 Å². The van der Waals surface area contributed by atoms with Crippen molar-refractivity contribution in [2.45, 2.75) is 0 Å². The number of thiol groups is 1. The van der Waals surface area contributed by atoms with E-state index >= 15 is 0 Å². The highest BCUT2D eigenvalue weighted by atomic mass is 32.1. The van der Waals surface area contributed by atoms with Crippen molar-refractivity contribution in [2.75, 3.05) is 12.8 Å². The molecule has 0 aromatic carbocycles. The van der Waals surface area contributed by atoms with Crippen molar-refractivity contribution in [3.63, 3.8) is 0 Å². The Morgan fingerprint density at radius 3 is 2.78 bits per heavy atom. The van der Waals surface area contributed by atoms with E-state index in [1.165, 1.54) is 0 Å².